The average molecular weight is 245 g/mol. The van der Waals surface area contributed by atoms with E-state index in [0.29, 0.717) is 11.6 Å². The van der Waals surface area contributed by atoms with Crippen LogP contribution in [0.3, 0.4) is 0 Å². The zero-order chi connectivity index (χ0) is 12.7. The van der Waals surface area contributed by atoms with Crippen LogP contribution in [0.2, 0.25) is 0 Å². The third-order valence-electron chi connectivity index (χ3n) is 3.58. The van der Waals surface area contributed by atoms with E-state index in [-0.39, 0.29) is 5.69 Å². The number of rotatable bonds is 2. The minimum Gasteiger partial charge on any atom is -0.476 e. The predicted octanol–water partition coefficient (Wildman–Crippen LogP) is 2.39. The maximum atomic E-state index is 11.0. The molecule has 2 heterocycles. The summed E-state index contributed by atoms with van der Waals surface area (Å²) in [6.07, 6.45) is 4.78. The van der Waals surface area contributed by atoms with Gasteiger partial charge in [0, 0.05) is 23.4 Å². The number of carbonyl (C=O) groups is 1. The molecule has 1 fully saturated rings. The molecule has 0 aliphatic heterocycles. The molecule has 1 aliphatic carbocycles. The number of carboxylic acid groups (broad SMARTS) is 1. The Morgan fingerprint density at radius 3 is 2.78 bits per heavy atom. The fraction of sp³-hybridized carbons (Fsp3) is 0.462. The van der Waals surface area contributed by atoms with Crippen LogP contribution in [0.15, 0.2) is 12.1 Å². The molecule has 5 nitrogen and oxygen atoms in total. The van der Waals surface area contributed by atoms with Crippen molar-refractivity contribution in [1.29, 1.82) is 0 Å². The molecule has 2 aromatic heterocycles. The zero-order valence-electron chi connectivity index (χ0n) is 10.3. The Morgan fingerprint density at radius 2 is 2.11 bits per heavy atom. The van der Waals surface area contributed by atoms with E-state index in [9.17, 15) is 4.79 Å². The molecule has 2 aromatic rings. The third-order valence-corrected chi connectivity index (χ3v) is 3.58. The highest BCUT2D eigenvalue weighted by Crippen LogP contribution is 2.34. The molecule has 0 bridgehead atoms. The fourth-order valence-corrected chi connectivity index (χ4v) is 2.75. The van der Waals surface area contributed by atoms with Crippen LogP contribution in [0.25, 0.3) is 5.65 Å². The van der Waals surface area contributed by atoms with E-state index >= 15 is 0 Å². The molecule has 1 saturated carbocycles. The van der Waals surface area contributed by atoms with E-state index in [0.717, 1.165) is 24.2 Å². The van der Waals surface area contributed by atoms with Gasteiger partial charge in [-0.2, -0.15) is 5.10 Å². The molecule has 1 N–H and O–H groups in total. The van der Waals surface area contributed by atoms with Crippen molar-refractivity contribution in [2.75, 3.05) is 0 Å². The van der Waals surface area contributed by atoms with Crippen LogP contribution in [0.5, 0.6) is 0 Å². The molecule has 0 aromatic carbocycles. The number of hydrogen-bond donors (Lipinski definition) is 1. The highest BCUT2D eigenvalue weighted by Gasteiger charge is 2.22. The van der Waals surface area contributed by atoms with Gasteiger partial charge in [0.1, 0.15) is 0 Å². The van der Waals surface area contributed by atoms with Crippen molar-refractivity contribution < 1.29 is 9.90 Å². The third kappa shape index (κ3) is 1.75. The first-order chi connectivity index (χ1) is 8.65. The monoisotopic (exact) mass is 245 g/mol. The van der Waals surface area contributed by atoms with Gasteiger partial charge < -0.3 is 5.11 Å². The van der Waals surface area contributed by atoms with Gasteiger partial charge in [-0.1, -0.05) is 12.8 Å². The van der Waals surface area contributed by atoms with E-state index in [1.54, 1.807) is 4.52 Å². The molecule has 0 atom stereocenters. The molecule has 0 radical (unpaired) electrons. The molecular formula is C13H15N3O2. The van der Waals surface area contributed by atoms with Gasteiger partial charge in [-0.05, 0) is 25.8 Å². The van der Waals surface area contributed by atoms with Crippen LogP contribution in [-0.4, -0.2) is 25.7 Å². The van der Waals surface area contributed by atoms with Crippen LogP contribution in [0, 0.1) is 6.92 Å². The lowest BCUT2D eigenvalue weighted by molar-refractivity contribution is 0.0690. The summed E-state index contributed by atoms with van der Waals surface area (Å²) in [6.45, 7) is 1.94. The highest BCUT2D eigenvalue weighted by atomic mass is 16.4. The van der Waals surface area contributed by atoms with Crippen molar-refractivity contribution in [3.8, 4) is 0 Å². The number of aromatic nitrogens is 3. The quantitative estimate of drug-likeness (QED) is 0.882. The number of aromatic carboxylic acids is 1. The molecule has 1 aliphatic rings. The summed E-state index contributed by atoms with van der Waals surface area (Å²) in [6, 6.07) is 3.56. The van der Waals surface area contributed by atoms with Crippen molar-refractivity contribution in [3.05, 3.63) is 29.2 Å². The molecule has 94 valence electrons. The minimum atomic E-state index is -1.00. The molecular weight excluding hydrogens is 230 g/mol. The smallest absolute Gasteiger partial charge is 0.356 e. The van der Waals surface area contributed by atoms with E-state index in [2.05, 4.69) is 10.1 Å². The van der Waals surface area contributed by atoms with E-state index in [4.69, 9.17) is 5.11 Å². The van der Waals surface area contributed by atoms with Crippen LogP contribution in [0.1, 0.15) is 53.5 Å². The second kappa shape index (κ2) is 4.08. The van der Waals surface area contributed by atoms with Crippen molar-refractivity contribution in [2.24, 2.45) is 0 Å². The molecule has 0 saturated heterocycles. The maximum Gasteiger partial charge on any atom is 0.356 e. The van der Waals surface area contributed by atoms with Crippen LogP contribution in [-0.2, 0) is 0 Å². The lowest BCUT2D eigenvalue weighted by atomic mass is 10.0. The van der Waals surface area contributed by atoms with Crippen LogP contribution >= 0.6 is 0 Å². The normalized spacial score (nSPS) is 16.5. The summed E-state index contributed by atoms with van der Waals surface area (Å²) >= 11 is 0. The number of nitrogens with zero attached hydrogens (tertiary/aromatic N) is 3. The zero-order valence-corrected chi connectivity index (χ0v) is 10.3. The summed E-state index contributed by atoms with van der Waals surface area (Å²) in [5.41, 5.74) is 2.71. The van der Waals surface area contributed by atoms with E-state index in [1.807, 2.05) is 13.0 Å². The summed E-state index contributed by atoms with van der Waals surface area (Å²) in [5, 5.41) is 13.2. The van der Waals surface area contributed by atoms with Crippen molar-refractivity contribution in [3.63, 3.8) is 0 Å². The molecule has 5 heteroatoms. The maximum absolute atomic E-state index is 11.0. The molecule has 0 unspecified atom stereocenters. The first-order valence-corrected chi connectivity index (χ1v) is 6.26. The Balaban J connectivity index is 2.19. The topological polar surface area (TPSA) is 67.5 Å². The van der Waals surface area contributed by atoms with Gasteiger partial charge in [0.2, 0.25) is 0 Å². The van der Waals surface area contributed by atoms with Crippen LogP contribution in [0.4, 0.5) is 0 Å². The number of carboxylic acids is 1. The number of fused-ring (bicyclic) bond motifs is 1. The second-order valence-electron chi connectivity index (χ2n) is 4.91. The second-order valence-corrected chi connectivity index (χ2v) is 4.91. The van der Waals surface area contributed by atoms with Gasteiger partial charge in [-0.3, -0.25) is 0 Å². The average Bonchev–Trinajstić information content (AvgIpc) is 2.96. The molecule has 3 rings (SSSR count). The largest absolute Gasteiger partial charge is 0.476 e. The van der Waals surface area contributed by atoms with Gasteiger partial charge in [-0.15, -0.1) is 0 Å². The first-order valence-electron chi connectivity index (χ1n) is 6.26. The summed E-state index contributed by atoms with van der Waals surface area (Å²) < 4.78 is 1.70. The van der Waals surface area contributed by atoms with Gasteiger partial charge >= 0.3 is 5.97 Å². The summed E-state index contributed by atoms with van der Waals surface area (Å²) in [5.74, 6) is -0.522. The van der Waals surface area contributed by atoms with Crippen molar-refractivity contribution in [2.45, 2.75) is 38.5 Å². The fourth-order valence-electron chi connectivity index (χ4n) is 2.75. The summed E-state index contributed by atoms with van der Waals surface area (Å²) in [4.78, 5) is 15.3. The summed E-state index contributed by atoms with van der Waals surface area (Å²) in [7, 11) is 0. The van der Waals surface area contributed by atoms with E-state index < -0.39 is 5.97 Å². The Morgan fingerprint density at radius 1 is 1.39 bits per heavy atom. The molecule has 0 amide bonds. The van der Waals surface area contributed by atoms with Gasteiger partial charge in [0.05, 0.1) is 0 Å². The Hall–Kier alpha value is -1.91. The SMILES string of the molecule is Cc1cc(C2CCCC2)n2nc(C(=O)O)cc2n1. The van der Waals surface area contributed by atoms with Gasteiger partial charge in [-0.25, -0.2) is 14.3 Å². The number of aryl methyl sites for hydroxylation is 1. The molecule has 18 heavy (non-hydrogen) atoms. The van der Waals surface area contributed by atoms with Crippen LogP contribution < -0.4 is 0 Å². The predicted molar refractivity (Wildman–Crippen MR) is 65.9 cm³/mol. The van der Waals surface area contributed by atoms with Gasteiger partial charge in [0.15, 0.2) is 11.3 Å². The lowest BCUT2D eigenvalue weighted by Gasteiger charge is -2.11. The van der Waals surface area contributed by atoms with Gasteiger partial charge in [0.25, 0.3) is 0 Å². The van der Waals surface area contributed by atoms with E-state index in [1.165, 1.54) is 18.9 Å². The Kier molecular flexibility index (Phi) is 2.54. The first kappa shape index (κ1) is 11.2. The van der Waals surface area contributed by atoms with Crippen molar-refractivity contribution >= 4 is 11.6 Å². The minimum absolute atomic E-state index is 0.0624. The lowest BCUT2D eigenvalue weighted by Crippen LogP contribution is -2.06. The standard InChI is InChI=1S/C13H15N3O2/c1-8-6-11(9-4-2-3-5-9)16-12(14-8)7-10(15-16)13(17)18/h6-7,9H,2-5H2,1H3,(H,17,18). The number of hydrogen-bond acceptors (Lipinski definition) is 3. The Labute approximate surface area is 104 Å². The Bertz CT molecular complexity index is 612. The highest BCUT2D eigenvalue weighted by molar-refractivity contribution is 5.86. The van der Waals surface area contributed by atoms with Crippen molar-refractivity contribution in [1.82, 2.24) is 14.6 Å². The molecule has 0 spiro atoms.